The summed E-state index contributed by atoms with van der Waals surface area (Å²) < 4.78 is 11.3. The summed E-state index contributed by atoms with van der Waals surface area (Å²) in [6, 6.07) is 4.66. The molecule has 23 heavy (non-hydrogen) atoms. The molecule has 0 bridgehead atoms. The summed E-state index contributed by atoms with van der Waals surface area (Å²) in [5.41, 5.74) is 3.14. The Morgan fingerprint density at radius 3 is 2.48 bits per heavy atom. The highest BCUT2D eigenvalue weighted by Gasteiger charge is 2.21. The zero-order chi connectivity index (χ0) is 16.4. The van der Waals surface area contributed by atoms with Crippen molar-refractivity contribution in [1.29, 1.82) is 0 Å². The molecule has 0 amide bonds. The first-order chi connectivity index (χ1) is 11.1. The fourth-order valence-electron chi connectivity index (χ4n) is 2.99. The van der Waals surface area contributed by atoms with Crippen molar-refractivity contribution in [3.63, 3.8) is 0 Å². The predicted molar refractivity (Wildman–Crippen MR) is 90.1 cm³/mol. The zero-order valence-corrected chi connectivity index (χ0v) is 14.3. The number of methoxy groups -OCH3 is 1. The number of benzene rings is 1. The predicted octanol–water partition coefficient (Wildman–Crippen LogP) is 2.50. The fraction of sp³-hybridized carbons (Fsp3) is 0.529. The highest BCUT2D eigenvalue weighted by Crippen LogP contribution is 2.31. The molecular formula is C17H24N4O2. The van der Waals surface area contributed by atoms with Crippen LogP contribution in [0.5, 0.6) is 5.75 Å². The summed E-state index contributed by atoms with van der Waals surface area (Å²) >= 11 is 0. The van der Waals surface area contributed by atoms with Crippen LogP contribution in [0.15, 0.2) is 16.5 Å². The first-order valence-corrected chi connectivity index (χ1v) is 8.08. The third kappa shape index (κ3) is 3.17. The van der Waals surface area contributed by atoms with Crippen LogP contribution in [-0.4, -0.2) is 54.9 Å². The quantitative estimate of drug-likeness (QED) is 0.864. The van der Waals surface area contributed by atoms with Crippen molar-refractivity contribution in [2.45, 2.75) is 20.8 Å². The molecule has 1 aromatic carbocycles. The van der Waals surface area contributed by atoms with Gasteiger partial charge in [-0.1, -0.05) is 18.1 Å². The minimum absolute atomic E-state index is 0.550. The lowest BCUT2D eigenvalue weighted by Crippen LogP contribution is -2.46. The summed E-state index contributed by atoms with van der Waals surface area (Å²) in [5, 5.41) is 8.48. The Kier molecular flexibility index (Phi) is 4.52. The zero-order valence-electron chi connectivity index (χ0n) is 14.3. The summed E-state index contributed by atoms with van der Waals surface area (Å²) in [7, 11) is 1.67. The van der Waals surface area contributed by atoms with E-state index in [1.165, 1.54) is 0 Å². The topological polar surface area (TPSA) is 54.6 Å². The standard InChI is InChI=1S/C17H24N4O2/c1-5-20-6-8-21(9-7-20)17-19-18-16(23-17)14-11-15(22-4)13(3)10-12(14)2/h10-11H,5-9H2,1-4H3. The van der Waals surface area contributed by atoms with Gasteiger partial charge in [-0.3, -0.25) is 0 Å². The molecule has 2 aromatic rings. The van der Waals surface area contributed by atoms with Crippen LogP contribution in [0, 0.1) is 13.8 Å². The van der Waals surface area contributed by atoms with Crippen LogP contribution >= 0.6 is 0 Å². The minimum Gasteiger partial charge on any atom is -0.496 e. The monoisotopic (exact) mass is 316 g/mol. The van der Waals surface area contributed by atoms with Gasteiger partial charge in [-0.2, -0.15) is 0 Å². The number of aromatic nitrogens is 2. The van der Waals surface area contributed by atoms with Crippen molar-refractivity contribution >= 4 is 6.01 Å². The molecule has 1 aliphatic heterocycles. The number of ether oxygens (including phenoxy) is 1. The van der Waals surface area contributed by atoms with Gasteiger partial charge in [-0.15, -0.1) is 5.10 Å². The molecule has 6 nitrogen and oxygen atoms in total. The SMILES string of the molecule is CCN1CCN(c2nnc(-c3cc(OC)c(C)cc3C)o2)CC1. The van der Waals surface area contributed by atoms with Crippen molar-refractivity contribution in [2.24, 2.45) is 0 Å². The molecule has 1 saturated heterocycles. The highest BCUT2D eigenvalue weighted by atomic mass is 16.5. The molecule has 124 valence electrons. The van der Waals surface area contributed by atoms with E-state index < -0.39 is 0 Å². The van der Waals surface area contributed by atoms with Crippen LogP contribution in [0.4, 0.5) is 6.01 Å². The largest absolute Gasteiger partial charge is 0.496 e. The first kappa shape index (κ1) is 15.8. The Morgan fingerprint density at radius 2 is 1.83 bits per heavy atom. The molecule has 1 fully saturated rings. The number of hydrogen-bond acceptors (Lipinski definition) is 6. The van der Waals surface area contributed by atoms with Gasteiger partial charge in [0.15, 0.2) is 0 Å². The van der Waals surface area contributed by atoms with E-state index >= 15 is 0 Å². The van der Waals surface area contributed by atoms with Crippen molar-refractivity contribution in [2.75, 3.05) is 44.7 Å². The summed E-state index contributed by atoms with van der Waals surface area (Å²) in [5.74, 6) is 1.38. The van der Waals surface area contributed by atoms with Gasteiger partial charge in [0, 0.05) is 31.7 Å². The Hall–Kier alpha value is -2.08. The number of hydrogen-bond donors (Lipinski definition) is 0. The minimum atomic E-state index is 0.550. The molecule has 1 aliphatic rings. The van der Waals surface area contributed by atoms with Gasteiger partial charge >= 0.3 is 6.01 Å². The van der Waals surface area contributed by atoms with Crippen LogP contribution in [0.1, 0.15) is 18.1 Å². The van der Waals surface area contributed by atoms with Gasteiger partial charge < -0.3 is 19.0 Å². The lowest BCUT2D eigenvalue weighted by atomic mass is 10.0. The molecule has 3 rings (SSSR count). The lowest BCUT2D eigenvalue weighted by molar-refractivity contribution is 0.266. The number of anilines is 1. The maximum atomic E-state index is 5.93. The Labute approximate surface area is 137 Å². The van der Waals surface area contributed by atoms with Gasteiger partial charge in [0.25, 0.3) is 0 Å². The summed E-state index contributed by atoms with van der Waals surface area (Å²) in [6.07, 6.45) is 0. The Bertz CT molecular complexity index is 675. The maximum absolute atomic E-state index is 5.93. The Balaban J connectivity index is 1.82. The van der Waals surface area contributed by atoms with Gasteiger partial charge in [0.1, 0.15) is 5.75 Å². The van der Waals surface area contributed by atoms with Crippen molar-refractivity contribution < 1.29 is 9.15 Å². The van der Waals surface area contributed by atoms with E-state index in [9.17, 15) is 0 Å². The van der Waals surface area contributed by atoms with Crippen LogP contribution in [-0.2, 0) is 0 Å². The van der Waals surface area contributed by atoms with Crippen LogP contribution < -0.4 is 9.64 Å². The van der Waals surface area contributed by atoms with Crippen molar-refractivity contribution in [3.05, 3.63) is 23.3 Å². The fourth-order valence-corrected chi connectivity index (χ4v) is 2.99. The molecule has 1 aromatic heterocycles. The average Bonchev–Trinajstić information content (AvgIpc) is 3.05. The Morgan fingerprint density at radius 1 is 1.09 bits per heavy atom. The molecule has 2 heterocycles. The van der Waals surface area contributed by atoms with Crippen LogP contribution in [0.3, 0.4) is 0 Å². The van der Waals surface area contributed by atoms with Crippen molar-refractivity contribution in [1.82, 2.24) is 15.1 Å². The number of piperazine rings is 1. The lowest BCUT2D eigenvalue weighted by Gasteiger charge is -2.32. The van der Waals surface area contributed by atoms with E-state index in [1.54, 1.807) is 7.11 Å². The van der Waals surface area contributed by atoms with E-state index in [0.29, 0.717) is 11.9 Å². The molecule has 0 atom stereocenters. The van der Waals surface area contributed by atoms with E-state index in [0.717, 1.165) is 55.2 Å². The number of rotatable bonds is 4. The molecule has 6 heteroatoms. The number of aryl methyl sites for hydroxylation is 2. The molecule has 0 spiro atoms. The molecule has 0 N–H and O–H groups in total. The van der Waals surface area contributed by atoms with E-state index in [-0.39, 0.29) is 0 Å². The third-order valence-corrected chi connectivity index (χ3v) is 4.48. The smallest absolute Gasteiger partial charge is 0.318 e. The first-order valence-electron chi connectivity index (χ1n) is 8.08. The van der Waals surface area contributed by atoms with Gasteiger partial charge in [-0.05, 0) is 37.6 Å². The van der Waals surface area contributed by atoms with Crippen LogP contribution in [0.25, 0.3) is 11.5 Å². The third-order valence-electron chi connectivity index (χ3n) is 4.48. The highest BCUT2D eigenvalue weighted by molar-refractivity contribution is 5.63. The number of nitrogens with zero attached hydrogens (tertiary/aromatic N) is 4. The van der Waals surface area contributed by atoms with Crippen LogP contribution in [0.2, 0.25) is 0 Å². The van der Waals surface area contributed by atoms with Crippen molar-refractivity contribution in [3.8, 4) is 17.2 Å². The molecule has 0 unspecified atom stereocenters. The normalized spacial score (nSPS) is 15.9. The molecular weight excluding hydrogens is 292 g/mol. The van der Waals surface area contributed by atoms with E-state index in [1.807, 2.05) is 19.9 Å². The average molecular weight is 316 g/mol. The van der Waals surface area contributed by atoms with Gasteiger partial charge in [0.05, 0.1) is 7.11 Å². The number of likely N-dealkylation sites (N-methyl/N-ethyl adjacent to an activating group) is 1. The summed E-state index contributed by atoms with van der Waals surface area (Å²) in [4.78, 5) is 4.58. The second-order valence-electron chi connectivity index (χ2n) is 5.95. The maximum Gasteiger partial charge on any atom is 0.318 e. The van der Waals surface area contributed by atoms with Gasteiger partial charge in [-0.25, -0.2) is 0 Å². The van der Waals surface area contributed by atoms with E-state index in [4.69, 9.17) is 9.15 Å². The molecule has 0 aliphatic carbocycles. The molecule has 0 saturated carbocycles. The van der Waals surface area contributed by atoms with Gasteiger partial charge in [0.2, 0.25) is 5.89 Å². The van der Waals surface area contributed by atoms with E-state index in [2.05, 4.69) is 33.0 Å². The second-order valence-corrected chi connectivity index (χ2v) is 5.95. The molecule has 0 radical (unpaired) electrons. The summed E-state index contributed by atoms with van der Waals surface area (Å²) in [6.45, 7) is 11.3. The second kappa shape index (κ2) is 6.58.